The van der Waals surface area contributed by atoms with Crippen molar-refractivity contribution in [3.8, 4) is 0 Å². The molecule has 1 aromatic carbocycles. The molecule has 0 spiro atoms. The second-order valence-corrected chi connectivity index (χ2v) is 5.30. The first-order valence-corrected chi connectivity index (χ1v) is 6.95. The molecule has 22 heavy (non-hydrogen) atoms. The maximum absolute atomic E-state index is 12.0. The van der Waals surface area contributed by atoms with E-state index in [1.165, 1.54) is 6.92 Å². The number of rotatable bonds is 6. The highest BCUT2D eigenvalue weighted by Gasteiger charge is 2.52. The molecule has 1 aliphatic carbocycles. The number of carbonyl (C=O) groups excluding carboxylic acids is 2. The van der Waals surface area contributed by atoms with Gasteiger partial charge in [-0.15, -0.1) is 0 Å². The molecular formula is C15H18N2O5. The minimum Gasteiger partial charge on any atom is -0.480 e. The number of amides is 2. The van der Waals surface area contributed by atoms with Gasteiger partial charge in [0.1, 0.15) is 18.2 Å². The molecule has 118 valence electrons. The summed E-state index contributed by atoms with van der Waals surface area (Å²) in [5.74, 6) is -1.63. The Morgan fingerprint density at radius 1 is 1.27 bits per heavy atom. The number of hydrogen-bond donors (Lipinski definition) is 3. The second kappa shape index (κ2) is 6.46. The SMILES string of the molecule is C[C@@H](NC(=O)C1(NC(=O)OCc2ccccc2)CC1)C(=O)O. The maximum atomic E-state index is 12.0. The quantitative estimate of drug-likeness (QED) is 0.728. The molecule has 0 saturated heterocycles. The molecule has 1 atom stereocenters. The lowest BCUT2D eigenvalue weighted by molar-refractivity contribution is -0.141. The molecule has 7 nitrogen and oxygen atoms in total. The van der Waals surface area contributed by atoms with Gasteiger partial charge in [0.25, 0.3) is 0 Å². The van der Waals surface area contributed by atoms with Gasteiger partial charge in [0.05, 0.1) is 0 Å². The van der Waals surface area contributed by atoms with Gasteiger partial charge in [0, 0.05) is 0 Å². The van der Waals surface area contributed by atoms with Crippen molar-refractivity contribution in [2.75, 3.05) is 0 Å². The Hall–Kier alpha value is -2.57. The first kappa shape index (κ1) is 15.8. The van der Waals surface area contributed by atoms with Gasteiger partial charge in [0.2, 0.25) is 5.91 Å². The summed E-state index contributed by atoms with van der Waals surface area (Å²) >= 11 is 0. The van der Waals surface area contributed by atoms with E-state index in [0.29, 0.717) is 12.8 Å². The van der Waals surface area contributed by atoms with Gasteiger partial charge in [-0.25, -0.2) is 4.79 Å². The van der Waals surface area contributed by atoms with E-state index in [2.05, 4.69) is 10.6 Å². The molecule has 0 unspecified atom stereocenters. The number of hydrogen-bond acceptors (Lipinski definition) is 4. The number of aliphatic carboxylic acids is 1. The Kier molecular flexibility index (Phi) is 4.65. The van der Waals surface area contributed by atoms with E-state index in [0.717, 1.165) is 5.56 Å². The summed E-state index contributed by atoms with van der Waals surface area (Å²) in [4.78, 5) is 34.5. The minimum absolute atomic E-state index is 0.107. The van der Waals surface area contributed by atoms with Gasteiger partial charge in [-0.05, 0) is 25.3 Å². The molecule has 0 heterocycles. The molecule has 0 bridgehead atoms. The van der Waals surface area contributed by atoms with Crippen molar-refractivity contribution in [3.05, 3.63) is 35.9 Å². The van der Waals surface area contributed by atoms with Crippen LogP contribution in [-0.4, -0.2) is 34.7 Å². The molecule has 2 rings (SSSR count). The van der Waals surface area contributed by atoms with E-state index in [1.54, 1.807) is 0 Å². The number of nitrogens with one attached hydrogen (secondary N) is 2. The zero-order chi connectivity index (χ0) is 16.2. The lowest BCUT2D eigenvalue weighted by Gasteiger charge is -2.18. The Labute approximate surface area is 127 Å². The van der Waals surface area contributed by atoms with E-state index >= 15 is 0 Å². The molecule has 1 saturated carbocycles. The zero-order valence-corrected chi connectivity index (χ0v) is 12.2. The van der Waals surface area contributed by atoms with Crippen molar-refractivity contribution in [1.82, 2.24) is 10.6 Å². The number of benzene rings is 1. The van der Waals surface area contributed by atoms with Gasteiger partial charge in [-0.3, -0.25) is 9.59 Å². The summed E-state index contributed by atoms with van der Waals surface area (Å²) in [7, 11) is 0. The summed E-state index contributed by atoms with van der Waals surface area (Å²) in [6.07, 6.45) is 0.233. The monoisotopic (exact) mass is 306 g/mol. The second-order valence-electron chi connectivity index (χ2n) is 5.30. The first-order chi connectivity index (χ1) is 10.4. The van der Waals surface area contributed by atoms with E-state index in [4.69, 9.17) is 9.84 Å². The maximum Gasteiger partial charge on any atom is 0.408 e. The average Bonchev–Trinajstić information content (AvgIpc) is 3.27. The summed E-state index contributed by atoms with van der Waals surface area (Å²) < 4.78 is 5.06. The normalized spacial score (nSPS) is 16.2. The molecule has 3 N–H and O–H groups in total. The average molecular weight is 306 g/mol. The fourth-order valence-electron chi connectivity index (χ4n) is 1.88. The number of alkyl carbamates (subject to hydrolysis) is 1. The van der Waals surface area contributed by atoms with Crippen LogP contribution in [0.1, 0.15) is 25.3 Å². The summed E-state index contributed by atoms with van der Waals surface area (Å²) in [5.41, 5.74) is -0.205. The van der Waals surface area contributed by atoms with Gasteiger partial charge in [-0.1, -0.05) is 30.3 Å². The Morgan fingerprint density at radius 3 is 2.45 bits per heavy atom. The van der Waals surface area contributed by atoms with Crippen molar-refractivity contribution in [3.63, 3.8) is 0 Å². The summed E-state index contributed by atoms with van der Waals surface area (Å²) in [6.45, 7) is 1.47. The smallest absolute Gasteiger partial charge is 0.408 e. The van der Waals surface area contributed by atoms with Crippen LogP contribution in [0.4, 0.5) is 4.79 Å². The first-order valence-electron chi connectivity index (χ1n) is 6.95. The van der Waals surface area contributed by atoms with E-state index in [1.807, 2.05) is 30.3 Å². The Bertz CT molecular complexity index is 569. The standard InChI is InChI=1S/C15H18N2O5/c1-10(12(18)19)16-13(20)15(7-8-15)17-14(21)22-9-11-5-3-2-4-6-11/h2-6,10H,7-9H2,1H3,(H,16,20)(H,17,21)(H,18,19)/t10-/m1/s1. The van der Waals surface area contributed by atoms with Gasteiger partial charge < -0.3 is 20.5 Å². The van der Waals surface area contributed by atoms with Gasteiger partial charge in [-0.2, -0.15) is 0 Å². The summed E-state index contributed by atoms with van der Waals surface area (Å²) in [5, 5.41) is 13.7. The fraction of sp³-hybridized carbons (Fsp3) is 0.400. The molecule has 0 radical (unpaired) electrons. The number of ether oxygens (including phenoxy) is 1. The minimum atomic E-state index is -1.13. The molecule has 1 fully saturated rings. The highest BCUT2D eigenvalue weighted by molar-refractivity contribution is 5.95. The van der Waals surface area contributed by atoms with Crippen LogP contribution in [0.5, 0.6) is 0 Å². The Balaban J connectivity index is 1.83. The van der Waals surface area contributed by atoms with Crippen molar-refractivity contribution < 1.29 is 24.2 Å². The highest BCUT2D eigenvalue weighted by Crippen LogP contribution is 2.35. The van der Waals surface area contributed by atoms with Crippen molar-refractivity contribution in [2.24, 2.45) is 0 Å². The molecular weight excluding hydrogens is 288 g/mol. The predicted molar refractivity (Wildman–Crippen MR) is 77.0 cm³/mol. The molecule has 7 heteroatoms. The lowest BCUT2D eigenvalue weighted by atomic mass is 10.2. The number of carboxylic acids is 1. The number of carboxylic acid groups (broad SMARTS) is 1. The van der Waals surface area contributed by atoms with Crippen LogP contribution in [0.2, 0.25) is 0 Å². The van der Waals surface area contributed by atoms with Crippen LogP contribution in [0, 0.1) is 0 Å². The molecule has 1 aromatic rings. The van der Waals surface area contributed by atoms with Crippen LogP contribution in [-0.2, 0) is 20.9 Å². The van der Waals surface area contributed by atoms with E-state index in [-0.39, 0.29) is 6.61 Å². The number of carbonyl (C=O) groups is 3. The largest absolute Gasteiger partial charge is 0.480 e. The summed E-state index contributed by atoms with van der Waals surface area (Å²) in [6, 6.07) is 8.16. The highest BCUT2D eigenvalue weighted by atomic mass is 16.5. The van der Waals surface area contributed by atoms with Crippen molar-refractivity contribution >= 4 is 18.0 Å². The molecule has 0 aliphatic heterocycles. The van der Waals surface area contributed by atoms with E-state index < -0.39 is 29.6 Å². The molecule has 0 aromatic heterocycles. The molecule has 1 aliphatic rings. The van der Waals surface area contributed by atoms with Crippen LogP contribution in [0.25, 0.3) is 0 Å². The lowest BCUT2D eigenvalue weighted by Crippen LogP contribution is -2.52. The van der Waals surface area contributed by atoms with Gasteiger partial charge >= 0.3 is 12.1 Å². The van der Waals surface area contributed by atoms with Crippen LogP contribution in [0.3, 0.4) is 0 Å². The third-order valence-electron chi connectivity index (χ3n) is 3.46. The van der Waals surface area contributed by atoms with Crippen molar-refractivity contribution in [2.45, 2.75) is 38.0 Å². The van der Waals surface area contributed by atoms with Crippen LogP contribution >= 0.6 is 0 Å². The Morgan fingerprint density at radius 2 is 1.91 bits per heavy atom. The van der Waals surface area contributed by atoms with Crippen LogP contribution in [0.15, 0.2) is 30.3 Å². The van der Waals surface area contributed by atoms with Gasteiger partial charge in [0.15, 0.2) is 0 Å². The fourth-order valence-corrected chi connectivity index (χ4v) is 1.88. The topological polar surface area (TPSA) is 105 Å². The van der Waals surface area contributed by atoms with Crippen molar-refractivity contribution in [1.29, 1.82) is 0 Å². The zero-order valence-electron chi connectivity index (χ0n) is 12.2. The predicted octanol–water partition coefficient (Wildman–Crippen LogP) is 1.03. The van der Waals surface area contributed by atoms with E-state index in [9.17, 15) is 14.4 Å². The third-order valence-corrected chi connectivity index (χ3v) is 3.46. The third kappa shape index (κ3) is 3.97. The van der Waals surface area contributed by atoms with Crippen LogP contribution < -0.4 is 10.6 Å². The molecule has 2 amide bonds.